The van der Waals surface area contributed by atoms with Crippen LogP contribution in [-0.4, -0.2) is 14.1 Å². The Morgan fingerprint density at radius 1 is 1.05 bits per heavy atom. The fourth-order valence-electron chi connectivity index (χ4n) is 1.88. The molecule has 0 spiro atoms. The van der Waals surface area contributed by atoms with Gasteiger partial charge < -0.3 is 10.6 Å². The van der Waals surface area contributed by atoms with E-state index in [1.165, 1.54) is 6.07 Å². The summed E-state index contributed by atoms with van der Waals surface area (Å²) in [6.45, 7) is 0. The first-order valence-corrected chi connectivity index (χ1v) is 6.34. The van der Waals surface area contributed by atoms with Crippen LogP contribution in [0.2, 0.25) is 5.02 Å². The number of hydrogen-bond acceptors (Lipinski definition) is 2. The van der Waals surface area contributed by atoms with E-state index in [-0.39, 0.29) is 11.1 Å². The van der Waals surface area contributed by atoms with E-state index < -0.39 is 5.82 Å². The summed E-state index contributed by atoms with van der Waals surface area (Å²) in [6, 6.07) is 12.2. The highest BCUT2D eigenvalue weighted by atomic mass is 35.5. The van der Waals surface area contributed by atoms with Gasteiger partial charge in [-0.25, -0.2) is 4.39 Å². The van der Waals surface area contributed by atoms with Crippen molar-refractivity contribution in [1.29, 1.82) is 0 Å². The van der Waals surface area contributed by atoms with E-state index in [1.807, 2.05) is 43.3 Å². The third kappa shape index (κ3) is 3.06. The molecule has 0 saturated carbocycles. The minimum atomic E-state index is -0.430. The van der Waals surface area contributed by atoms with Crippen LogP contribution in [0, 0.1) is 5.82 Å². The van der Waals surface area contributed by atoms with E-state index >= 15 is 0 Å². The fraction of sp³-hybridized carbons (Fsp3) is 0.200. The number of halogens is 2. The average molecular weight is 279 g/mol. The van der Waals surface area contributed by atoms with Crippen LogP contribution in [0.5, 0.6) is 0 Å². The molecule has 0 aliphatic rings. The normalized spacial score (nSPS) is 12.3. The summed E-state index contributed by atoms with van der Waals surface area (Å²) in [5.41, 5.74) is 9.03. The molecule has 0 bridgehead atoms. The van der Waals surface area contributed by atoms with Crippen molar-refractivity contribution in [3.05, 3.63) is 64.4 Å². The summed E-state index contributed by atoms with van der Waals surface area (Å²) in [5, 5.41) is 0.0952. The zero-order chi connectivity index (χ0) is 14.0. The van der Waals surface area contributed by atoms with Crippen LogP contribution < -0.4 is 10.6 Å². The lowest BCUT2D eigenvalue weighted by molar-refractivity contribution is 0.627. The summed E-state index contributed by atoms with van der Waals surface area (Å²) in [5.74, 6) is -0.430. The van der Waals surface area contributed by atoms with Crippen LogP contribution in [0.3, 0.4) is 0 Å². The molecule has 0 radical (unpaired) electrons. The molecular formula is C15H16ClFN2. The second-order valence-electron chi connectivity index (χ2n) is 4.64. The first-order chi connectivity index (χ1) is 8.99. The molecule has 100 valence electrons. The molecule has 2 rings (SSSR count). The Balaban J connectivity index is 2.27. The SMILES string of the molecule is CN(C)c1ccc(C(N)c2ccc(F)c(Cl)c2)cc1. The molecule has 0 saturated heterocycles. The lowest BCUT2D eigenvalue weighted by Crippen LogP contribution is -2.13. The molecule has 0 heterocycles. The van der Waals surface area contributed by atoms with Gasteiger partial charge in [0.1, 0.15) is 5.82 Å². The number of nitrogens with zero attached hydrogens (tertiary/aromatic N) is 1. The van der Waals surface area contributed by atoms with Crippen molar-refractivity contribution in [2.24, 2.45) is 5.73 Å². The van der Waals surface area contributed by atoms with Gasteiger partial charge in [-0.3, -0.25) is 0 Å². The van der Waals surface area contributed by atoms with Gasteiger partial charge in [-0.1, -0.05) is 29.8 Å². The Morgan fingerprint density at radius 2 is 1.63 bits per heavy atom. The van der Waals surface area contributed by atoms with E-state index in [4.69, 9.17) is 17.3 Å². The smallest absolute Gasteiger partial charge is 0.141 e. The van der Waals surface area contributed by atoms with Gasteiger partial charge in [-0.2, -0.15) is 0 Å². The summed E-state index contributed by atoms with van der Waals surface area (Å²) in [6.07, 6.45) is 0. The average Bonchev–Trinajstić information content (AvgIpc) is 2.41. The monoisotopic (exact) mass is 278 g/mol. The van der Waals surface area contributed by atoms with E-state index in [9.17, 15) is 4.39 Å². The highest BCUT2D eigenvalue weighted by molar-refractivity contribution is 6.30. The predicted octanol–water partition coefficient (Wildman–Crippen LogP) is 3.59. The largest absolute Gasteiger partial charge is 0.378 e. The van der Waals surface area contributed by atoms with Crippen molar-refractivity contribution in [1.82, 2.24) is 0 Å². The molecule has 0 aliphatic heterocycles. The lowest BCUT2D eigenvalue weighted by Gasteiger charge is -2.16. The second-order valence-corrected chi connectivity index (χ2v) is 5.04. The van der Waals surface area contributed by atoms with Crippen LogP contribution in [0.4, 0.5) is 10.1 Å². The number of hydrogen-bond donors (Lipinski definition) is 1. The van der Waals surface area contributed by atoms with Gasteiger partial charge in [0.15, 0.2) is 0 Å². The van der Waals surface area contributed by atoms with Crippen LogP contribution in [0.15, 0.2) is 42.5 Å². The summed E-state index contributed by atoms with van der Waals surface area (Å²) >= 11 is 5.77. The molecule has 1 unspecified atom stereocenters. The molecule has 1 atom stereocenters. The number of anilines is 1. The summed E-state index contributed by atoms with van der Waals surface area (Å²) in [7, 11) is 3.96. The molecule has 0 fully saturated rings. The molecule has 2 aromatic carbocycles. The highest BCUT2D eigenvalue weighted by Gasteiger charge is 2.11. The summed E-state index contributed by atoms with van der Waals surface area (Å²) < 4.78 is 13.1. The van der Waals surface area contributed by atoms with Crippen molar-refractivity contribution < 1.29 is 4.39 Å². The van der Waals surface area contributed by atoms with E-state index in [0.717, 1.165) is 16.8 Å². The maximum Gasteiger partial charge on any atom is 0.141 e. The van der Waals surface area contributed by atoms with E-state index in [1.54, 1.807) is 12.1 Å². The van der Waals surface area contributed by atoms with Gasteiger partial charge in [0.05, 0.1) is 11.1 Å². The topological polar surface area (TPSA) is 29.3 Å². The predicted molar refractivity (Wildman–Crippen MR) is 78.2 cm³/mol. The Morgan fingerprint density at radius 3 is 2.16 bits per heavy atom. The quantitative estimate of drug-likeness (QED) is 0.930. The number of benzene rings is 2. The van der Waals surface area contributed by atoms with Gasteiger partial charge in [0.25, 0.3) is 0 Å². The maximum absolute atomic E-state index is 13.1. The van der Waals surface area contributed by atoms with Gasteiger partial charge in [-0.15, -0.1) is 0 Å². The first kappa shape index (κ1) is 13.8. The Bertz CT molecular complexity index is 567. The Labute approximate surface area is 117 Å². The zero-order valence-electron chi connectivity index (χ0n) is 10.9. The van der Waals surface area contributed by atoms with Crippen LogP contribution in [0.25, 0.3) is 0 Å². The summed E-state index contributed by atoms with van der Waals surface area (Å²) in [4.78, 5) is 2.02. The second kappa shape index (κ2) is 5.59. The van der Waals surface area contributed by atoms with E-state index in [0.29, 0.717) is 0 Å². The van der Waals surface area contributed by atoms with Crippen molar-refractivity contribution in [3.63, 3.8) is 0 Å². The minimum Gasteiger partial charge on any atom is -0.378 e. The van der Waals surface area contributed by atoms with Crippen LogP contribution >= 0.6 is 11.6 Å². The van der Waals surface area contributed by atoms with Gasteiger partial charge in [-0.05, 0) is 35.4 Å². The minimum absolute atomic E-state index is 0.0952. The number of rotatable bonds is 3. The number of nitrogens with two attached hydrogens (primary N) is 1. The molecule has 2 aromatic rings. The Kier molecular flexibility index (Phi) is 4.08. The molecule has 2 nitrogen and oxygen atoms in total. The lowest BCUT2D eigenvalue weighted by atomic mass is 9.99. The van der Waals surface area contributed by atoms with Crippen molar-refractivity contribution in [2.75, 3.05) is 19.0 Å². The van der Waals surface area contributed by atoms with Gasteiger partial charge in [0, 0.05) is 19.8 Å². The molecular weight excluding hydrogens is 263 g/mol. The van der Waals surface area contributed by atoms with Crippen molar-refractivity contribution >= 4 is 17.3 Å². The molecule has 0 aromatic heterocycles. The van der Waals surface area contributed by atoms with E-state index in [2.05, 4.69) is 0 Å². The van der Waals surface area contributed by atoms with Crippen molar-refractivity contribution in [3.8, 4) is 0 Å². The zero-order valence-corrected chi connectivity index (χ0v) is 11.7. The van der Waals surface area contributed by atoms with Gasteiger partial charge >= 0.3 is 0 Å². The molecule has 2 N–H and O–H groups in total. The van der Waals surface area contributed by atoms with Crippen LogP contribution in [0.1, 0.15) is 17.2 Å². The third-order valence-electron chi connectivity index (χ3n) is 3.07. The standard InChI is InChI=1S/C15H16ClFN2/c1-19(2)12-6-3-10(4-7-12)15(18)11-5-8-14(17)13(16)9-11/h3-9,15H,18H2,1-2H3. The molecule has 0 aliphatic carbocycles. The molecule has 4 heteroatoms. The third-order valence-corrected chi connectivity index (χ3v) is 3.36. The molecule has 19 heavy (non-hydrogen) atoms. The first-order valence-electron chi connectivity index (χ1n) is 5.97. The molecule has 0 amide bonds. The van der Waals surface area contributed by atoms with Crippen molar-refractivity contribution in [2.45, 2.75) is 6.04 Å². The van der Waals surface area contributed by atoms with Crippen LogP contribution in [-0.2, 0) is 0 Å². The fourth-order valence-corrected chi connectivity index (χ4v) is 2.07. The van der Waals surface area contributed by atoms with Gasteiger partial charge in [0.2, 0.25) is 0 Å². The highest BCUT2D eigenvalue weighted by Crippen LogP contribution is 2.25. The maximum atomic E-state index is 13.1. The Hall–Kier alpha value is -1.58.